The van der Waals surface area contributed by atoms with Crippen LogP contribution in [0.5, 0.6) is 0 Å². The lowest BCUT2D eigenvalue weighted by molar-refractivity contribution is 0.715. The first-order valence-electron chi connectivity index (χ1n) is 6.06. The van der Waals surface area contributed by atoms with Crippen molar-refractivity contribution in [3.05, 3.63) is 75.7 Å². The van der Waals surface area contributed by atoms with Crippen molar-refractivity contribution < 1.29 is 0 Å². The predicted molar refractivity (Wildman–Crippen MR) is 74.1 cm³/mol. The Morgan fingerprint density at radius 1 is 0.889 bits per heavy atom. The van der Waals surface area contributed by atoms with Gasteiger partial charge in [-0.2, -0.15) is 4.91 Å². The van der Waals surface area contributed by atoms with Gasteiger partial charge in [-0.1, -0.05) is 65.9 Å². The zero-order valence-electron chi connectivity index (χ0n) is 9.91. The van der Waals surface area contributed by atoms with Gasteiger partial charge in [0.15, 0.2) is 0 Å². The van der Waals surface area contributed by atoms with Crippen molar-refractivity contribution in [3.8, 4) is 0 Å². The molecule has 88 valence electrons. The van der Waals surface area contributed by atoms with E-state index < -0.39 is 0 Å². The van der Waals surface area contributed by atoms with Gasteiger partial charge in [-0.25, -0.2) is 0 Å². The summed E-state index contributed by atoms with van der Waals surface area (Å²) in [6.07, 6.45) is 4.84. The molecule has 0 heterocycles. The molecular weight excluding hydrogens is 222 g/mol. The fourth-order valence-corrected chi connectivity index (χ4v) is 2.44. The SMILES string of the molecule is O=NC1Cc2ccccc2C=Cc2ccccc21. The van der Waals surface area contributed by atoms with E-state index in [2.05, 4.69) is 29.5 Å². The highest BCUT2D eigenvalue weighted by molar-refractivity contribution is 5.74. The summed E-state index contributed by atoms with van der Waals surface area (Å²) in [6.45, 7) is 0. The van der Waals surface area contributed by atoms with Crippen molar-refractivity contribution in [1.29, 1.82) is 0 Å². The second-order valence-corrected chi connectivity index (χ2v) is 4.49. The molecule has 0 saturated carbocycles. The highest BCUT2D eigenvalue weighted by Gasteiger charge is 2.18. The third-order valence-corrected chi connectivity index (χ3v) is 3.39. The van der Waals surface area contributed by atoms with E-state index in [1.165, 1.54) is 11.1 Å². The van der Waals surface area contributed by atoms with Gasteiger partial charge in [0.1, 0.15) is 6.04 Å². The second kappa shape index (κ2) is 4.57. The number of rotatable bonds is 1. The monoisotopic (exact) mass is 235 g/mol. The maximum atomic E-state index is 11.1. The van der Waals surface area contributed by atoms with Gasteiger partial charge in [0, 0.05) is 6.42 Å². The first kappa shape index (κ1) is 10.9. The van der Waals surface area contributed by atoms with E-state index in [9.17, 15) is 4.91 Å². The maximum Gasteiger partial charge on any atom is 0.121 e. The fraction of sp³-hybridized carbons (Fsp3) is 0.125. The van der Waals surface area contributed by atoms with Gasteiger partial charge >= 0.3 is 0 Å². The van der Waals surface area contributed by atoms with E-state index in [1.807, 2.05) is 36.4 Å². The molecule has 18 heavy (non-hydrogen) atoms. The van der Waals surface area contributed by atoms with E-state index in [1.54, 1.807) is 0 Å². The molecule has 0 aromatic heterocycles. The lowest BCUT2D eigenvalue weighted by atomic mass is 9.90. The molecule has 2 aromatic carbocycles. The standard InChI is InChI=1S/C16H13NO/c18-17-16-11-14-7-2-1-5-12(14)9-10-13-6-3-4-8-15(13)16/h1-10,16H,11H2. The van der Waals surface area contributed by atoms with Crippen LogP contribution in [0.4, 0.5) is 0 Å². The minimum atomic E-state index is -0.299. The van der Waals surface area contributed by atoms with Crippen LogP contribution in [0.25, 0.3) is 12.2 Å². The normalized spacial score (nSPS) is 17.2. The Labute approximate surface area is 106 Å². The fourth-order valence-electron chi connectivity index (χ4n) is 2.44. The third-order valence-electron chi connectivity index (χ3n) is 3.39. The van der Waals surface area contributed by atoms with Crippen molar-refractivity contribution in [3.63, 3.8) is 0 Å². The number of fused-ring (bicyclic) bond motifs is 2. The topological polar surface area (TPSA) is 29.4 Å². The van der Waals surface area contributed by atoms with Gasteiger partial charge in [-0.3, -0.25) is 0 Å². The Hall–Kier alpha value is -2.22. The molecular formula is C16H13NO. The zero-order chi connectivity index (χ0) is 12.4. The first-order valence-corrected chi connectivity index (χ1v) is 6.06. The van der Waals surface area contributed by atoms with E-state index in [-0.39, 0.29) is 6.04 Å². The Bertz CT molecular complexity index is 616. The number of nitrogens with zero attached hydrogens (tertiary/aromatic N) is 1. The van der Waals surface area contributed by atoms with Crippen molar-refractivity contribution in [1.82, 2.24) is 0 Å². The van der Waals surface area contributed by atoms with Gasteiger partial charge in [0.05, 0.1) is 0 Å². The van der Waals surface area contributed by atoms with Crippen LogP contribution in [-0.4, -0.2) is 0 Å². The van der Waals surface area contributed by atoms with Crippen molar-refractivity contribution in [2.24, 2.45) is 5.18 Å². The smallest absolute Gasteiger partial charge is 0.121 e. The molecule has 1 atom stereocenters. The van der Waals surface area contributed by atoms with Gasteiger partial charge in [0.2, 0.25) is 0 Å². The second-order valence-electron chi connectivity index (χ2n) is 4.49. The quantitative estimate of drug-likeness (QED) is 0.680. The largest absolute Gasteiger partial charge is 0.150 e. The van der Waals surface area contributed by atoms with Crippen molar-refractivity contribution in [2.45, 2.75) is 12.5 Å². The average Bonchev–Trinajstić information content (AvgIpc) is 2.41. The van der Waals surface area contributed by atoms with Crippen LogP contribution in [0, 0.1) is 4.91 Å². The molecule has 3 rings (SSSR count). The van der Waals surface area contributed by atoms with Crippen LogP contribution in [0.3, 0.4) is 0 Å². The molecule has 0 bridgehead atoms. The van der Waals surface area contributed by atoms with E-state index in [0.717, 1.165) is 11.1 Å². The highest BCUT2D eigenvalue weighted by Crippen LogP contribution is 2.30. The molecule has 0 aliphatic heterocycles. The van der Waals surface area contributed by atoms with E-state index >= 15 is 0 Å². The Balaban J connectivity index is 2.18. The molecule has 0 fully saturated rings. The molecule has 1 aliphatic rings. The van der Waals surface area contributed by atoms with Gasteiger partial charge in [0.25, 0.3) is 0 Å². The lowest BCUT2D eigenvalue weighted by Gasteiger charge is -2.16. The summed E-state index contributed by atoms with van der Waals surface area (Å²) in [5.74, 6) is 0. The Kier molecular flexibility index (Phi) is 2.77. The summed E-state index contributed by atoms with van der Waals surface area (Å²) in [5, 5.41) is 3.31. The Morgan fingerprint density at radius 2 is 1.56 bits per heavy atom. The summed E-state index contributed by atoms with van der Waals surface area (Å²) in [7, 11) is 0. The number of benzene rings is 2. The van der Waals surface area contributed by atoms with E-state index in [0.29, 0.717) is 6.42 Å². The van der Waals surface area contributed by atoms with Crippen LogP contribution in [0.1, 0.15) is 28.3 Å². The summed E-state index contributed by atoms with van der Waals surface area (Å²) in [4.78, 5) is 11.1. The van der Waals surface area contributed by atoms with Gasteiger partial charge < -0.3 is 0 Å². The molecule has 0 saturated heterocycles. The number of nitroso groups, excluding NO2 is 1. The maximum absolute atomic E-state index is 11.1. The summed E-state index contributed by atoms with van der Waals surface area (Å²) < 4.78 is 0. The third kappa shape index (κ3) is 1.86. The van der Waals surface area contributed by atoms with Crippen LogP contribution >= 0.6 is 0 Å². The molecule has 0 radical (unpaired) electrons. The van der Waals surface area contributed by atoms with Crippen molar-refractivity contribution in [2.75, 3.05) is 0 Å². The highest BCUT2D eigenvalue weighted by atomic mass is 16.3. The molecule has 2 heteroatoms. The molecule has 1 aliphatic carbocycles. The van der Waals surface area contributed by atoms with Gasteiger partial charge in [-0.15, -0.1) is 0 Å². The predicted octanol–water partition coefficient (Wildman–Crippen LogP) is 4.22. The van der Waals surface area contributed by atoms with Crippen LogP contribution < -0.4 is 0 Å². The van der Waals surface area contributed by atoms with E-state index in [4.69, 9.17) is 0 Å². The molecule has 2 nitrogen and oxygen atoms in total. The summed E-state index contributed by atoms with van der Waals surface area (Å²) >= 11 is 0. The molecule has 1 unspecified atom stereocenters. The summed E-state index contributed by atoms with van der Waals surface area (Å²) in [6, 6.07) is 15.8. The molecule has 0 N–H and O–H groups in total. The molecule has 0 spiro atoms. The minimum Gasteiger partial charge on any atom is -0.150 e. The minimum absolute atomic E-state index is 0.299. The molecule has 2 aromatic rings. The average molecular weight is 235 g/mol. The Morgan fingerprint density at radius 3 is 2.39 bits per heavy atom. The van der Waals surface area contributed by atoms with Crippen LogP contribution in [-0.2, 0) is 6.42 Å². The number of hydrogen-bond acceptors (Lipinski definition) is 2. The number of hydrogen-bond donors (Lipinski definition) is 0. The van der Waals surface area contributed by atoms with Gasteiger partial charge in [-0.05, 0) is 22.3 Å². The van der Waals surface area contributed by atoms with Crippen LogP contribution in [0.15, 0.2) is 53.7 Å². The first-order chi connectivity index (χ1) is 8.88. The molecule has 0 amide bonds. The van der Waals surface area contributed by atoms with Crippen molar-refractivity contribution >= 4 is 12.2 Å². The summed E-state index contributed by atoms with van der Waals surface area (Å²) in [5.41, 5.74) is 4.43. The zero-order valence-corrected chi connectivity index (χ0v) is 9.91. The lowest BCUT2D eigenvalue weighted by Crippen LogP contribution is -2.04. The van der Waals surface area contributed by atoms with Crippen LogP contribution in [0.2, 0.25) is 0 Å².